The highest BCUT2D eigenvalue weighted by Gasteiger charge is 2.29. The van der Waals surface area contributed by atoms with Crippen molar-refractivity contribution in [1.29, 1.82) is 0 Å². The zero-order chi connectivity index (χ0) is 21.3. The van der Waals surface area contributed by atoms with Crippen LogP contribution in [0, 0.1) is 5.92 Å². The van der Waals surface area contributed by atoms with Crippen molar-refractivity contribution >= 4 is 11.8 Å². The van der Waals surface area contributed by atoms with Gasteiger partial charge in [0.05, 0.1) is 5.92 Å². The third-order valence-electron chi connectivity index (χ3n) is 5.08. The summed E-state index contributed by atoms with van der Waals surface area (Å²) in [4.78, 5) is 26.2. The fourth-order valence-electron chi connectivity index (χ4n) is 3.45. The molecule has 1 atom stereocenters. The Hall–Kier alpha value is -3.40. The molecule has 3 aromatic carbocycles. The Morgan fingerprint density at radius 2 is 1.17 bits per heavy atom. The standard InChI is InChI=1S/C26H28N2O2/c1-19(2)24(26(30)27-18-20-12-6-3-7-13-20)28-25(29)23(21-14-8-4-9-15-21)22-16-10-5-11-17-22/h3-17,19,23-24H,18H2,1-2H3,(H,27,30)(H,28,29)/t24-/m0/s1. The Bertz CT molecular complexity index is 901. The maximum Gasteiger partial charge on any atom is 0.243 e. The van der Waals surface area contributed by atoms with E-state index >= 15 is 0 Å². The van der Waals surface area contributed by atoms with Gasteiger partial charge in [-0.1, -0.05) is 105 Å². The first-order valence-corrected chi connectivity index (χ1v) is 10.3. The van der Waals surface area contributed by atoms with Crippen LogP contribution in [0.1, 0.15) is 36.5 Å². The molecule has 0 bridgehead atoms. The summed E-state index contributed by atoms with van der Waals surface area (Å²) in [5, 5.41) is 5.95. The van der Waals surface area contributed by atoms with E-state index in [0.29, 0.717) is 6.54 Å². The minimum atomic E-state index is -0.615. The van der Waals surface area contributed by atoms with E-state index in [0.717, 1.165) is 16.7 Å². The summed E-state index contributed by atoms with van der Waals surface area (Å²) in [6, 6.07) is 28.4. The first-order valence-electron chi connectivity index (χ1n) is 10.3. The van der Waals surface area contributed by atoms with E-state index in [4.69, 9.17) is 0 Å². The van der Waals surface area contributed by atoms with Gasteiger partial charge < -0.3 is 10.6 Å². The molecule has 0 radical (unpaired) electrons. The highest BCUT2D eigenvalue weighted by molar-refractivity contribution is 5.92. The monoisotopic (exact) mass is 400 g/mol. The number of carbonyl (C=O) groups is 2. The molecule has 0 aliphatic heterocycles. The summed E-state index contributed by atoms with van der Waals surface area (Å²) < 4.78 is 0. The van der Waals surface area contributed by atoms with Gasteiger partial charge in [-0.15, -0.1) is 0 Å². The van der Waals surface area contributed by atoms with Gasteiger partial charge >= 0.3 is 0 Å². The lowest BCUT2D eigenvalue weighted by Gasteiger charge is -2.25. The molecule has 3 aromatic rings. The van der Waals surface area contributed by atoms with Crippen molar-refractivity contribution in [1.82, 2.24) is 10.6 Å². The van der Waals surface area contributed by atoms with Gasteiger partial charge in [-0.2, -0.15) is 0 Å². The van der Waals surface area contributed by atoms with Crippen molar-refractivity contribution < 1.29 is 9.59 Å². The van der Waals surface area contributed by atoms with Crippen LogP contribution in [0.15, 0.2) is 91.0 Å². The number of hydrogen-bond acceptors (Lipinski definition) is 2. The van der Waals surface area contributed by atoms with E-state index in [1.165, 1.54) is 0 Å². The Morgan fingerprint density at radius 3 is 1.63 bits per heavy atom. The first kappa shape index (κ1) is 21.3. The van der Waals surface area contributed by atoms with Gasteiger partial charge in [0.2, 0.25) is 11.8 Å². The van der Waals surface area contributed by atoms with Crippen LogP contribution in [0.3, 0.4) is 0 Å². The van der Waals surface area contributed by atoms with E-state index in [2.05, 4.69) is 10.6 Å². The Balaban J connectivity index is 1.77. The summed E-state index contributed by atoms with van der Waals surface area (Å²) in [5.41, 5.74) is 2.81. The average molecular weight is 401 g/mol. The molecule has 4 heteroatoms. The molecule has 2 amide bonds. The Morgan fingerprint density at radius 1 is 0.700 bits per heavy atom. The molecular weight excluding hydrogens is 372 g/mol. The molecule has 30 heavy (non-hydrogen) atoms. The Kier molecular flexibility index (Phi) is 7.39. The lowest BCUT2D eigenvalue weighted by atomic mass is 9.89. The number of benzene rings is 3. The molecule has 3 rings (SSSR count). The van der Waals surface area contributed by atoms with Crippen molar-refractivity contribution in [2.24, 2.45) is 5.92 Å². The molecule has 0 heterocycles. The highest BCUT2D eigenvalue weighted by atomic mass is 16.2. The molecule has 4 nitrogen and oxygen atoms in total. The summed E-state index contributed by atoms with van der Waals surface area (Å²) >= 11 is 0. The predicted molar refractivity (Wildman–Crippen MR) is 120 cm³/mol. The predicted octanol–water partition coefficient (Wildman–Crippen LogP) is 4.28. The molecule has 0 aromatic heterocycles. The second-order valence-electron chi connectivity index (χ2n) is 7.69. The second kappa shape index (κ2) is 10.4. The van der Waals surface area contributed by atoms with Crippen molar-refractivity contribution in [3.63, 3.8) is 0 Å². The molecule has 0 saturated carbocycles. The normalized spacial score (nSPS) is 11.9. The van der Waals surface area contributed by atoms with Crippen molar-refractivity contribution in [2.45, 2.75) is 32.4 Å². The van der Waals surface area contributed by atoms with Gasteiger partial charge in [-0.05, 0) is 22.6 Å². The topological polar surface area (TPSA) is 58.2 Å². The molecule has 0 aliphatic carbocycles. The second-order valence-corrected chi connectivity index (χ2v) is 7.69. The zero-order valence-corrected chi connectivity index (χ0v) is 17.4. The van der Waals surface area contributed by atoms with Gasteiger partial charge in [0.1, 0.15) is 6.04 Å². The van der Waals surface area contributed by atoms with E-state index in [9.17, 15) is 9.59 Å². The number of carbonyl (C=O) groups excluding carboxylic acids is 2. The van der Waals surface area contributed by atoms with Crippen LogP contribution < -0.4 is 10.6 Å². The molecule has 0 saturated heterocycles. The minimum absolute atomic E-state index is 0.0445. The van der Waals surface area contributed by atoms with Crippen LogP contribution >= 0.6 is 0 Å². The molecule has 0 fully saturated rings. The summed E-state index contributed by atoms with van der Waals surface area (Å²) in [6.07, 6.45) is 0. The number of rotatable bonds is 8. The van der Waals surface area contributed by atoms with E-state index in [1.807, 2.05) is 105 Å². The van der Waals surface area contributed by atoms with Crippen LogP contribution in [0.25, 0.3) is 0 Å². The third kappa shape index (κ3) is 5.57. The number of nitrogens with one attached hydrogen (secondary N) is 2. The average Bonchev–Trinajstić information content (AvgIpc) is 2.78. The fourth-order valence-corrected chi connectivity index (χ4v) is 3.45. The quantitative estimate of drug-likeness (QED) is 0.593. The van der Waals surface area contributed by atoms with Crippen LogP contribution in [0.4, 0.5) is 0 Å². The van der Waals surface area contributed by atoms with Crippen molar-refractivity contribution in [3.8, 4) is 0 Å². The number of hydrogen-bond donors (Lipinski definition) is 2. The smallest absolute Gasteiger partial charge is 0.243 e. The van der Waals surface area contributed by atoms with Gasteiger partial charge in [0.15, 0.2) is 0 Å². The van der Waals surface area contributed by atoms with Gasteiger partial charge in [-0.25, -0.2) is 0 Å². The maximum absolute atomic E-state index is 13.3. The maximum atomic E-state index is 13.3. The lowest BCUT2D eigenvalue weighted by Crippen LogP contribution is -2.50. The van der Waals surface area contributed by atoms with Gasteiger partial charge in [0, 0.05) is 6.54 Å². The van der Waals surface area contributed by atoms with Gasteiger partial charge in [0.25, 0.3) is 0 Å². The molecular formula is C26H28N2O2. The SMILES string of the molecule is CC(C)[C@H](NC(=O)C(c1ccccc1)c1ccccc1)C(=O)NCc1ccccc1. The van der Waals surface area contributed by atoms with Crippen molar-refractivity contribution in [3.05, 3.63) is 108 Å². The van der Waals surface area contributed by atoms with Crippen LogP contribution in [0.5, 0.6) is 0 Å². The largest absolute Gasteiger partial charge is 0.350 e. The Labute approximate surface area is 178 Å². The van der Waals surface area contributed by atoms with Crippen LogP contribution in [-0.4, -0.2) is 17.9 Å². The van der Waals surface area contributed by atoms with E-state index in [-0.39, 0.29) is 17.7 Å². The molecule has 0 spiro atoms. The van der Waals surface area contributed by atoms with Crippen LogP contribution in [0.2, 0.25) is 0 Å². The summed E-state index contributed by atoms with van der Waals surface area (Å²) in [6.45, 7) is 4.31. The zero-order valence-electron chi connectivity index (χ0n) is 17.4. The molecule has 0 aliphatic rings. The van der Waals surface area contributed by atoms with Gasteiger partial charge in [-0.3, -0.25) is 9.59 Å². The summed E-state index contributed by atoms with van der Waals surface area (Å²) in [7, 11) is 0. The highest BCUT2D eigenvalue weighted by Crippen LogP contribution is 2.25. The first-order chi connectivity index (χ1) is 14.6. The fraction of sp³-hybridized carbons (Fsp3) is 0.231. The lowest BCUT2D eigenvalue weighted by molar-refractivity contribution is -0.130. The minimum Gasteiger partial charge on any atom is -0.350 e. The van der Waals surface area contributed by atoms with E-state index < -0.39 is 12.0 Å². The van der Waals surface area contributed by atoms with Crippen LogP contribution in [-0.2, 0) is 16.1 Å². The summed E-state index contributed by atoms with van der Waals surface area (Å²) in [5.74, 6) is -0.879. The number of amides is 2. The van der Waals surface area contributed by atoms with E-state index in [1.54, 1.807) is 0 Å². The van der Waals surface area contributed by atoms with Crippen molar-refractivity contribution in [2.75, 3.05) is 0 Å². The molecule has 0 unspecified atom stereocenters. The molecule has 154 valence electrons. The third-order valence-corrected chi connectivity index (χ3v) is 5.08. The molecule has 2 N–H and O–H groups in total.